The molecule has 4 saturated carbocycles. The van der Waals surface area contributed by atoms with Gasteiger partial charge in [0, 0.05) is 12.2 Å². The Balaban J connectivity index is 1.03. The highest BCUT2D eigenvalue weighted by Crippen LogP contribution is 2.64. The number of rotatable bonds is 7. The normalized spacial score (nSPS) is 43.4. The van der Waals surface area contributed by atoms with Gasteiger partial charge in [-0.2, -0.15) is 0 Å². The van der Waals surface area contributed by atoms with Crippen LogP contribution in [0.15, 0.2) is 11.3 Å². The number of hydrogen-bond donors (Lipinski definition) is 5. The Kier molecular flexibility index (Phi) is 8.48. The molecule has 0 aromatic heterocycles. The van der Waals surface area contributed by atoms with Gasteiger partial charge >= 0.3 is 0 Å². The van der Waals surface area contributed by atoms with Gasteiger partial charge in [0.05, 0.1) is 18.9 Å². The van der Waals surface area contributed by atoms with E-state index in [0.717, 1.165) is 37.7 Å². The van der Waals surface area contributed by atoms with Crippen LogP contribution in [-0.4, -0.2) is 68.9 Å². The summed E-state index contributed by atoms with van der Waals surface area (Å²) in [6, 6.07) is -0.600. The maximum absolute atomic E-state index is 13.0. The fraction of sp³-hybridized carbons (Fsp3) is 0.844. The second-order valence-electron chi connectivity index (χ2n) is 14.6. The lowest BCUT2D eigenvalue weighted by Crippen LogP contribution is -2.71. The van der Waals surface area contributed by atoms with Gasteiger partial charge in [0.25, 0.3) is 11.8 Å². The van der Waals surface area contributed by atoms with Crippen LogP contribution in [0.3, 0.4) is 0 Å². The Morgan fingerprint density at radius 2 is 1.90 bits per heavy atom. The monoisotopic (exact) mass is 602 g/mol. The standard InChI is InChI=1S/C32H50N4O5S/c1-16(4-9-25(39)35-27-30(41)36-28(29(40)34-15-33)17(2)14-42-31(27)36)20-5-6-22-21(20)7-8-23-26(22)24(38)13-18-12-19(37)10-11-32(18,23)3/h16,18-24,26-27,31,37-38H,4-15,33H2,1-3H3,(H,34,40)(H,35,39). The number of β-lactam (4-membered cyclic amide) rings is 1. The summed E-state index contributed by atoms with van der Waals surface area (Å²) in [6.45, 7) is 6.59. The molecule has 6 rings (SSSR count). The summed E-state index contributed by atoms with van der Waals surface area (Å²) in [5, 5.41) is 27.0. The molecular weight excluding hydrogens is 552 g/mol. The molecule has 4 aliphatic carbocycles. The van der Waals surface area contributed by atoms with Crippen LogP contribution in [0.5, 0.6) is 0 Å². The number of aliphatic hydroxyl groups excluding tert-OH is 2. The molecule has 0 bridgehead atoms. The van der Waals surface area contributed by atoms with Crippen LogP contribution in [0.2, 0.25) is 0 Å². The molecule has 0 aromatic carbocycles. The number of nitrogens with zero attached hydrogens (tertiary/aromatic N) is 1. The lowest BCUT2D eigenvalue weighted by atomic mass is 9.46. The summed E-state index contributed by atoms with van der Waals surface area (Å²) in [5.74, 6) is 3.46. The number of aliphatic hydroxyl groups is 2. The molecule has 3 amide bonds. The molecule has 5 fully saturated rings. The van der Waals surface area contributed by atoms with Crippen LogP contribution < -0.4 is 16.4 Å². The molecule has 6 N–H and O–H groups in total. The van der Waals surface area contributed by atoms with Gasteiger partial charge in [-0.15, -0.1) is 11.8 Å². The fourth-order valence-electron chi connectivity index (χ4n) is 10.4. The second-order valence-corrected chi connectivity index (χ2v) is 15.7. The fourth-order valence-corrected chi connectivity index (χ4v) is 11.7. The first-order valence-corrected chi connectivity index (χ1v) is 17.4. The molecule has 6 aliphatic rings. The Hall–Kier alpha value is -1.62. The van der Waals surface area contributed by atoms with Gasteiger partial charge in [0.1, 0.15) is 17.1 Å². The van der Waals surface area contributed by atoms with E-state index in [0.29, 0.717) is 59.3 Å². The average molecular weight is 603 g/mol. The number of nitrogens with one attached hydrogen (secondary N) is 2. The highest BCUT2D eigenvalue weighted by molar-refractivity contribution is 8.00. The van der Waals surface area contributed by atoms with E-state index in [1.54, 1.807) is 11.8 Å². The Bertz CT molecular complexity index is 1130. The molecule has 0 spiro atoms. The number of thioether (sulfide) groups is 1. The summed E-state index contributed by atoms with van der Waals surface area (Å²) in [6.07, 6.45) is 9.10. The van der Waals surface area contributed by atoms with Crippen molar-refractivity contribution < 1.29 is 24.6 Å². The topological polar surface area (TPSA) is 145 Å². The van der Waals surface area contributed by atoms with Gasteiger partial charge in [-0.1, -0.05) is 13.8 Å². The van der Waals surface area contributed by atoms with E-state index in [2.05, 4.69) is 24.5 Å². The minimum Gasteiger partial charge on any atom is -0.393 e. The first kappa shape index (κ1) is 30.4. The third kappa shape index (κ3) is 5.02. The number of amides is 3. The average Bonchev–Trinajstić information content (AvgIpc) is 3.40. The number of carbonyl (C=O) groups excluding carboxylic acids is 3. The number of carbonyl (C=O) groups is 3. The highest BCUT2D eigenvalue weighted by Gasteiger charge is 2.59. The molecule has 234 valence electrons. The molecule has 0 aromatic rings. The van der Waals surface area contributed by atoms with Gasteiger partial charge < -0.3 is 26.6 Å². The largest absolute Gasteiger partial charge is 0.393 e. The zero-order chi connectivity index (χ0) is 29.9. The molecule has 0 radical (unpaired) electrons. The molecule has 12 atom stereocenters. The predicted molar refractivity (Wildman–Crippen MR) is 161 cm³/mol. The van der Waals surface area contributed by atoms with Crippen molar-refractivity contribution in [3.05, 3.63) is 11.3 Å². The van der Waals surface area contributed by atoms with Crippen LogP contribution in [0.25, 0.3) is 0 Å². The van der Waals surface area contributed by atoms with Crippen molar-refractivity contribution in [2.75, 3.05) is 12.4 Å². The van der Waals surface area contributed by atoms with Crippen molar-refractivity contribution in [2.24, 2.45) is 52.6 Å². The summed E-state index contributed by atoms with van der Waals surface area (Å²) in [4.78, 5) is 40.0. The van der Waals surface area contributed by atoms with Crippen LogP contribution in [-0.2, 0) is 14.4 Å². The third-order valence-electron chi connectivity index (χ3n) is 12.5. The van der Waals surface area contributed by atoms with E-state index in [4.69, 9.17) is 5.73 Å². The van der Waals surface area contributed by atoms with Gasteiger partial charge in [0.2, 0.25) is 5.91 Å². The number of fused-ring (bicyclic) bond motifs is 6. The summed E-state index contributed by atoms with van der Waals surface area (Å²) in [7, 11) is 0. The van der Waals surface area contributed by atoms with E-state index < -0.39 is 6.04 Å². The molecule has 9 nitrogen and oxygen atoms in total. The summed E-state index contributed by atoms with van der Waals surface area (Å²) < 4.78 is 0. The van der Waals surface area contributed by atoms with E-state index in [1.807, 2.05) is 6.92 Å². The van der Waals surface area contributed by atoms with Crippen molar-refractivity contribution in [2.45, 2.75) is 109 Å². The number of hydrogen-bond acceptors (Lipinski definition) is 7. The van der Waals surface area contributed by atoms with Gasteiger partial charge in [-0.05, 0) is 117 Å². The van der Waals surface area contributed by atoms with E-state index >= 15 is 0 Å². The molecule has 10 heteroatoms. The lowest BCUT2D eigenvalue weighted by molar-refractivity contribution is -0.158. The number of nitrogens with two attached hydrogens (primary N) is 1. The predicted octanol–water partition coefficient (Wildman–Crippen LogP) is 2.71. The van der Waals surface area contributed by atoms with E-state index in [-0.39, 0.29) is 47.4 Å². The summed E-state index contributed by atoms with van der Waals surface area (Å²) >= 11 is 1.58. The van der Waals surface area contributed by atoms with Crippen molar-refractivity contribution >= 4 is 29.5 Å². The highest BCUT2D eigenvalue weighted by atomic mass is 32.2. The Morgan fingerprint density at radius 3 is 2.67 bits per heavy atom. The third-order valence-corrected chi connectivity index (χ3v) is 14.0. The SMILES string of the molecule is CC1=C(C(=O)NCN)N2C(=O)C(NC(=O)CCC(C)C3CCC4C3CCC3C4C(O)CC4CC(O)CCC43C)C2SC1. The molecule has 1 saturated heterocycles. The zero-order valence-electron chi connectivity index (χ0n) is 25.4. The minimum absolute atomic E-state index is 0.00305. The first-order chi connectivity index (χ1) is 20.0. The van der Waals surface area contributed by atoms with Crippen LogP contribution >= 0.6 is 11.8 Å². The zero-order valence-corrected chi connectivity index (χ0v) is 26.2. The van der Waals surface area contributed by atoms with Gasteiger partial charge in [-0.3, -0.25) is 19.3 Å². The van der Waals surface area contributed by atoms with E-state index in [9.17, 15) is 24.6 Å². The second kappa shape index (κ2) is 11.7. The molecular formula is C32H50N4O5S. The van der Waals surface area contributed by atoms with Crippen molar-refractivity contribution in [1.29, 1.82) is 0 Å². The Labute approximate surface area is 254 Å². The van der Waals surface area contributed by atoms with E-state index in [1.165, 1.54) is 30.6 Å². The molecule has 12 unspecified atom stereocenters. The molecule has 42 heavy (non-hydrogen) atoms. The lowest BCUT2D eigenvalue weighted by Gasteiger charge is -2.60. The maximum Gasteiger partial charge on any atom is 0.269 e. The molecule has 2 aliphatic heterocycles. The summed E-state index contributed by atoms with van der Waals surface area (Å²) in [5.41, 5.74) is 6.92. The quantitative estimate of drug-likeness (QED) is 0.223. The smallest absolute Gasteiger partial charge is 0.269 e. The van der Waals surface area contributed by atoms with Crippen molar-refractivity contribution in [3.8, 4) is 0 Å². The van der Waals surface area contributed by atoms with Crippen LogP contribution in [0.4, 0.5) is 0 Å². The van der Waals surface area contributed by atoms with Gasteiger partial charge in [-0.25, -0.2) is 0 Å². The molecule has 2 heterocycles. The van der Waals surface area contributed by atoms with Gasteiger partial charge in [0.15, 0.2) is 0 Å². The minimum atomic E-state index is -0.600. The van der Waals surface area contributed by atoms with Crippen LogP contribution in [0, 0.1) is 46.8 Å². The maximum atomic E-state index is 13.0. The first-order valence-electron chi connectivity index (χ1n) is 16.3. The van der Waals surface area contributed by atoms with Crippen LogP contribution in [0.1, 0.15) is 85.0 Å². The van der Waals surface area contributed by atoms with Crippen molar-refractivity contribution in [3.63, 3.8) is 0 Å². The van der Waals surface area contributed by atoms with Crippen molar-refractivity contribution in [1.82, 2.24) is 15.5 Å². The Morgan fingerprint density at radius 1 is 1.14 bits per heavy atom.